The number of hydrogen-bond donors (Lipinski definition) is 2. The average molecular weight is 351 g/mol. The van der Waals surface area contributed by atoms with Gasteiger partial charge < -0.3 is 10.0 Å². The highest BCUT2D eigenvalue weighted by Gasteiger charge is 2.29. The Hall–Kier alpha value is -1.63. The minimum absolute atomic E-state index is 0.225. The second-order valence-corrected chi connectivity index (χ2v) is 7.92. The van der Waals surface area contributed by atoms with E-state index in [2.05, 4.69) is 17.2 Å². The molecule has 2 unspecified atom stereocenters. The van der Waals surface area contributed by atoms with E-state index in [1.807, 2.05) is 0 Å². The predicted molar refractivity (Wildman–Crippen MR) is 93.5 cm³/mol. The van der Waals surface area contributed by atoms with E-state index in [0.717, 1.165) is 30.9 Å². The molecule has 1 saturated heterocycles. The maximum absolute atomic E-state index is 12.4. The van der Waals surface area contributed by atoms with Gasteiger partial charge in [-0.05, 0) is 38.0 Å². The van der Waals surface area contributed by atoms with Crippen molar-refractivity contribution in [1.82, 2.24) is 9.88 Å². The number of aromatic nitrogens is 1. The number of nitrogens with zero attached hydrogens (tertiary/aromatic N) is 2. The molecule has 6 nitrogen and oxygen atoms in total. The van der Waals surface area contributed by atoms with E-state index >= 15 is 0 Å². The van der Waals surface area contributed by atoms with Crippen LogP contribution in [0.15, 0.2) is 0 Å². The van der Waals surface area contributed by atoms with Gasteiger partial charge in [0.25, 0.3) is 0 Å². The lowest BCUT2D eigenvalue weighted by Gasteiger charge is -2.30. The van der Waals surface area contributed by atoms with Crippen LogP contribution >= 0.6 is 11.3 Å². The molecule has 0 radical (unpaired) electrons. The topological polar surface area (TPSA) is 82.5 Å². The summed E-state index contributed by atoms with van der Waals surface area (Å²) in [5.41, 5.74) is 1.13. The van der Waals surface area contributed by atoms with Crippen LogP contribution in [0.3, 0.4) is 0 Å². The molecule has 1 fully saturated rings. The zero-order valence-corrected chi connectivity index (χ0v) is 14.9. The highest BCUT2D eigenvalue weighted by Crippen LogP contribution is 2.34. The summed E-state index contributed by atoms with van der Waals surface area (Å²) in [6.45, 7) is 3.11. The van der Waals surface area contributed by atoms with Gasteiger partial charge in [-0.2, -0.15) is 0 Å². The van der Waals surface area contributed by atoms with Crippen LogP contribution in [0.5, 0.6) is 0 Å². The first-order chi connectivity index (χ1) is 11.6. The van der Waals surface area contributed by atoms with E-state index in [4.69, 9.17) is 5.11 Å². The quantitative estimate of drug-likeness (QED) is 0.871. The Kier molecular flexibility index (Phi) is 5.38. The number of urea groups is 1. The smallest absolute Gasteiger partial charge is 0.323 e. The molecular formula is C17H25N3O3S. The Morgan fingerprint density at radius 2 is 2.25 bits per heavy atom. The summed E-state index contributed by atoms with van der Waals surface area (Å²) >= 11 is 1.58. The number of aliphatic carboxylic acids is 1. The molecule has 3 rings (SSSR count). The number of nitrogens with one attached hydrogen (secondary N) is 1. The highest BCUT2D eigenvalue weighted by molar-refractivity contribution is 7.15. The van der Waals surface area contributed by atoms with Crippen LogP contribution in [0.1, 0.15) is 49.6 Å². The normalized spacial score (nSPS) is 23.6. The third-order valence-corrected chi connectivity index (χ3v) is 6.05. The van der Waals surface area contributed by atoms with Crippen molar-refractivity contribution < 1.29 is 14.7 Å². The molecule has 1 aromatic heterocycles. The summed E-state index contributed by atoms with van der Waals surface area (Å²) in [6, 6.07) is -0.225. The lowest BCUT2D eigenvalue weighted by molar-refractivity contribution is -0.143. The van der Waals surface area contributed by atoms with Crippen LogP contribution in [0.2, 0.25) is 0 Å². The Bertz CT molecular complexity index is 616. The van der Waals surface area contributed by atoms with Gasteiger partial charge in [-0.3, -0.25) is 10.1 Å². The fourth-order valence-electron chi connectivity index (χ4n) is 3.69. The average Bonchev–Trinajstić information content (AvgIpc) is 2.96. The van der Waals surface area contributed by atoms with Gasteiger partial charge in [0, 0.05) is 18.0 Å². The van der Waals surface area contributed by atoms with Crippen molar-refractivity contribution in [3.05, 3.63) is 10.6 Å². The Balaban J connectivity index is 1.60. The molecule has 24 heavy (non-hydrogen) atoms. The van der Waals surface area contributed by atoms with Gasteiger partial charge in [0.1, 0.15) is 0 Å². The molecule has 2 N–H and O–H groups in total. The maximum atomic E-state index is 12.4. The van der Waals surface area contributed by atoms with E-state index in [9.17, 15) is 9.59 Å². The molecule has 132 valence electrons. The SMILES string of the molecule is CCCC1CCc2nc(NC(=O)N3CCCC(C(=O)O)C3)sc2C1. The second kappa shape index (κ2) is 7.51. The first-order valence-corrected chi connectivity index (χ1v) is 9.65. The van der Waals surface area contributed by atoms with Gasteiger partial charge in [0.15, 0.2) is 5.13 Å². The number of rotatable bonds is 4. The summed E-state index contributed by atoms with van der Waals surface area (Å²) < 4.78 is 0. The summed E-state index contributed by atoms with van der Waals surface area (Å²) in [7, 11) is 0. The van der Waals surface area contributed by atoms with Crippen LogP contribution in [0.25, 0.3) is 0 Å². The van der Waals surface area contributed by atoms with Gasteiger partial charge in [0.05, 0.1) is 11.6 Å². The predicted octanol–water partition coefficient (Wildman–Crippen LogP) is 3.38. The molecule has 7 heteroatoms. The molecule has 1 aliphatic carbocycles. The second-order valence-electron chi connectivity index (χ2n) is 6.84. The standard InChI is InChI=1S/C17H25N3O3S/c1-2-4-11-6-7-13-14(9-11)24-16(18-13)19-17(23)20-8-3-5-12(10-20)15(21)22/h11-12H,2-10H2,1H3,(H,21,22)(H,18,19,23). The van der Waals surface area contributed by atoms with E-state index < -0.39 is 11.9 Å². The van der Waals surface area contributed by atoms with Crippen molar-refractivity contribution in [3.8, 4) is 0 Å². The van der Waals surface area contributed by atoms with E-state index in [1.54, 1.807) is 16.2 Å². The number of amides is 2. The number of thiazole rings is 1. The Morgan fingerprint density at radius 3 is 3.00 bits per heavy atom. The van der Waals surface area contributed by atoms with Crippen molar-refractivity contribution in [2.75, 3.05) is 18.4 Å². The number of fused-ring (bicyclic) bond motifs is 1. The molecule has 0 bridgehead atoms. The largest absolute Gasteiger partial charge is 0.481 e. The number of piperidine rings is 1. The van der Waals surface area contributed by atoms with Crippen molar-refractivity contribution >= 4 is 28.5 Å². The number of carbonyl (C=O) groups excluding carboxylic acids is 1. The van der Waals surface area contributed by atoms with E-state index in [1.165, 1.54) is 24.1 Å². The fraction of sp³-hybridized carbons (Fsp3) is 0.706. The number of hydrogen-bond acceptors (Lipinski definition) is 4. The first-order valence-electron chi connectivity index (χ1n) is 8.84. The first kappa shape index (κ1) is 17.2. The summed E-state index contributed by atoms with van der Waals surface area (Å²) in [5, 5.41) is 12.7. The van der Waals surface area contributed by atoms with Crippen molar-refractivity contribution in [3.63, 3.8) is 0 Å². The maximum Gasteiger partial charge on any atom is 0.323 e. The molecule has 2 atom stereocenters. The van der Waals surface area contributed by atoms with E-state index in [0.29, 0.717) is 18.1 Å². The minimum Gasteiger partial charge on any atom is -0.481 e. The van der Waals surface area contributed by atoms with Gasteiger partial charge in [0.2, 0.25) is 0 Å². The van der Waals surface area contributed by atoms with Gasteiger partial charge in [-0.15, -0.1) is 11.3 Å². The molecule has 0 saturated carbocycles. The van der Waals surface area contributed by atoms with Crippen LogP contribution in [-0.4, -0.2) is 40.1 Å². The molecule has 1 aliphatic heterocycles. The van der Waals surface area contributed by atoms with Gasteiger partial charge in [-0.25, -0.2) is 9.78 Å². The van der Waals surface area contributed by atoms with Crippen molar-refractivity contribution in [1.29, 1.82) is 0 Å². The van der Waals surface area contributed by atoms with Crippen molar-refractivity contribution in [2.24, 2.45) is 11.8 Å². The number of aryl methyl sites for hydroxylation is 1. The number of likely N-dealkylation sites (tertiary alicyclic amines) is 1. The minimum atomic E-state index is -0.820. The number of carboxylic acids is 1. The molecule has 0 spiro atoms. The van der Waals surface area contributed by atoms with Crippen LogP contribution in [-0.2, 0) is 17.6 Å². The summed E-state index contributed by atoms with van der Waals surface area (Å²) in [6.07, 6.45) is 7.09. The molecule has 2 aliphatic rings. The molecule has 2 heterocycles. The van der Waals surface area contributed by atoms with E-state index in [-0.39, 0.29) is 12.6 Å². The Labute approximate surface area is 146 Å². The molecular weight excluding hydrogens is 326 g/mol. The van der Waals surface area contributed by atoms with Gasteiger partial charge >= 0.3 is 12.0 Å². The zero-order valence-electron chi connectivity index (χ0n) is 14.1. The van der Waals surface area contributed by atoms with Gasteiger partial charge in [-0.1, -0.05) is 19.8 Å². The van der Waals surface area contributed by atoms with Crippen LogP contribution < -0.4 is 5.32 Å². The third kappa shape index (κ3) is 3.88. The molecule has 2 amide bonds. The number of carboxylic acid groups (broad SMARTS) is 1. The van der Waals surface area contributed by atoms with Crippen LogP contribution in [0.4, 0.5) is 9.93 Å². The lowest BCUT2D eigenvalue weighted by atomic mass is 9.88. The highest BCUT2D eigenvalue weighted by atomic mass is 32.1. The number of anilines is 1. The molecule has 0 aromatic carbocycles. The summed E-state index contributed by atoms with van der Waals surface area (Å²) in [5.74, 6) is -0.534. The van der Waals surface area contributed by atoms with Crippen molar-refractivity contribution in [2.45, 2.75) is 51.9 Å². The molecule has 1 aromatic rings. The third-order valence-electron chi connectivity index (χ3n) is 5.01. The zero-order chi connectivity index (χ0) is 17.1. The fourth-order valence-corrected chi connectivity index (χ4v) is 4.80. The Morgan fingerprint density at radius 1 is 1.42 bits per heavy atom. The monoisotopic (exact) mass is 351 g/mol. The van der Waals surface area contributed by atoms with Crippen LogP contribution in [0, 0.1) is 11.8 Å². The summed E-state index contributed by atoms with van der Waals surface area (Å²) in [4.78, 5) is 31.0. The lowest BCUT2D eigenvalue weighted by Crippen LogP contribution is -2.44. The number of carbonyl (C=O) groups is 2.